The Balaban J connectivity index is 2.83. The van der Waals surface area contributed by atoms with Crippen LogP contribution in [0.3, 0.4) is 0 Å². The van der Waals surface area contributed by atoms with Crippen molar-refractivity contribution in [2.75, 3.05) is 17.2 Å². The molecular weight excluding hydrogens is 294 g/mol. The molecule has 126 valence electrons. The number of hydrogen-bond donors (Lipinski definition) is 3. The summed E-state index contributed by atoms with van der Waals surface area (Å²) in [5.41, 5.74) is 1.33. The molecular formula is C17H25N3O3. The quantitative estimate of drug-likeness (QED) is 0.675. The highest BCUT2D eigenvalue weighted by Gasteiger charge is 2.10. The standard InChI is InChI=1S/C17H25N3O3/c1-11(2)6-5-7-18-17(23)14-8-15(19-12(3)21)10-16(9-14)20-13(4)22/h8-11H,5-7H2,1-4H3,(H,18,23)(H,19,21)(H,20,22). The van der Waals surface area contributed by atoms with Crippen molar-refractivity contribution in [2.24, 2.45) is 5.92 Å². The van der Waals surface area contributed by atoms with E-state index in [0.717, 1.165) is 12.8 Å². The zero-order valence-corrected chi connectivity index (χ0v) is 14.2. The summed E-state index contributed by atoms with van der Waals surface area (Å²) in [6.07, 6.45) is 1.96. The van der Waals surface area contributed by atoms with E-state index in [4.69, 9.17) is 0 Å². The van der Waals surface area contributed by atoms with Gasteiger partial charge in [-0.25, -0.2) is 0 Å². The first-order valence-corrected chi connectivity index (χ1v) is 7.76. The highest BCUT2D eigenvalue weighted by molar-refractivity contribution is 5.99. The van der Waals surface area contributed by atoms with Gasteiger partial charge in [0.25, 0.3) is 5.91 Å². The summed E-state index contributed by atoms with van der Waals surface area (Å²) in [6, 6.07) is 4.79. The maximum atomic E-state index is 12.2. The van der Waals surface area contributed by atoms with Gasteiger partial charge in [0, 0.05) is 37.3 Å². The van der Waals surface area contributed by atoms with Gasteiger partial charge >= 0.3 is 0 Å². The molecule has 0 saturated heterocycles. The molecule has 0 saturated carbocycles. The third-order valence-electron chi connectivity index (χ3n) is 3.08. The molecule has 0 atom stereocenters. The van der Waals surface area contributed by atoms with Crippen LogP contribution in [-0.2, 0) is 9.59 Å². The lowest BCUT2D eigenvalue weighted by Gasteiger charge is -2.11. The predicted octanol–water partition coefficient (Wildman–Crippen LogP) is 2.77. The number of carbonyl (C=O) groups excluding carboxylic acids is 3. The smallest absolute Gasteiger partial charge is 0.251 e. The van der Waals surface area contributed by atoms with E-state index in [-0.39, 0.29) is 17.7 Å². The summed E-state index contributed by atoms with van der Waals surface area (Å²) < 4.78 is 0. The summed E-state index contributed by atoms with van der Waals surface area (Å²) in [5.74, 6) is -0.115. The Morgan fingerprint density at radius 1 is 0.957 bits per heavy atom. The second kappa shape index (κ2) is 8.92. The van der Waals surface area contributed by atoms with E-state index in [0.29, 0.717) is 29.4 Å². The highest BCUT2D eigenvalue weighted by Crippen LogP contribution is 2.19. The molecule has 3 amide bonds. The minimum atomic E-state index is -0.242. The highest BCUT2D eigenvalue weighted by atomic mass is 16.2. The van der Waals surface area contributed by atoms with Crippen LogP contribution < -0.4 is 16.0 Å². The first kappa shape index (κ1) is 18.7. The Kier molecular flexibility index (Phi) is 7.25. The molecule has 1 rings (SSSR count). The first-order valence-electron chi connectivity index (χ1n) is 7.76. The SMILES string of the molecule is CC(=O)Nc1cc(NC(C)=O)cc(C(=O)NCCCC(C)C)c1. The van der Waals surface area contributed by atoms with Crippen LogP contribution in [0.2, 0.25) is 0 Å². The van der Waals surface area contributed by atoms with Gasteiger partial charge in [-0.05, 0) is 37.0 Å². The summed E-state index contributed by atoms with van der Waals surface area (Å²) in [4.78, 5) is 34.6. The summed E-state index contributed by atoms with van der Waals surface area (Å²) in [6.45, 7) is 7.64. The van der Waals surface area contributed by atoms with Crippen molar-refractivity contribution in [2.45, 2.75) is 40.5 Å². The molecule has 1 aromatic carbocycles. The van der Waals surface area contributed by atoms with E-state index in [1.807, 2.05) is 0 Å². The van der Waals surface area contributed by atoms with Crippen LogP contribution >= 0.6 is 0 Å². The number of rotatable bonds is 7. The second-order valence-electron chi connectivity index (χ2n) is 5.95. The van der Waals surface area contributed by atoms with Gasteiger partial charge in [0.2, 0.25) is 11.8 Å². The van der Waals surface area contributed by atoms with Crippen LogP contribution in [0, 0.1) is 5.92 Å². The monoisotopic (exact) mass is 319 g/mol. The fraction of sp³-hybridized carbons (Fsp3) is 0.471. The van der Waals surface area contributed by atoms with Crippen LogP contribution in [0.5, 0.6) is 0 Å². The van der Waals surface area contributed by atoms with E-state index in [9.17, 15) is 14.4 Å². The topological polar surface area (TPSA) is 87.3 Å². The molecule has 23 heavy (non-hydrogen) atoms. The van der Waals surface area contributed by atoms with Crippen molar-refractivity contribution < 1.29 is 14.4 Å². The number of benzene rings is 1. The molecule has 0 aliphatic carbocycles. The molecule has 1 aromatic rings. The molecule has 0 spiro atoms. The average molecular weight is 319 g/mol. The van der Waals surface area contributed by atoms with Crippen LogP contribution in [0.1, 0.15) is 50.9 Å². The molecule has 0 unspecified atom stereocenters. The Bertz CT molecular complexity index is 548. The molecule has 0 aliphatic heterocycles. The number of anilines is 2. The Morgan fingerprint density at radius 2 is 1.48 bits per heavy atom. The van der Waals surface area contributed by atoms with E-state index < -0.39 is 0 Å². The lowest BCUT2D eigenvalue weighted by molar-refractivity contribution is -0.115. The van der Waals surface area contributed by atoms with Gasteiger partial charge in [-0.2, -0.15) is 0 Å². The van der Waals surface area contributed by atoms with E-state index in [2.05, 4.69) is 29.8 Å². The van der Waals surface area contributed by atoms with Crippen LogP contribution in [0.4, 0.5) is 11.4 Å². The van der Waals surface area contributed by atoms with Crippen molar-refractivity contribution >= 4 is 29.1 Å². The predicted molar refractivity (Wildman–Crippen MR) is 91.5 cm³/mol. The average Bonchev–Trinajstić information content (AvgIpc) is 2.41. The van der Waals surface area contributed by atoms with E-state index in [1.54, 1.807) is 18.2 Å². The largest absolute Gasteiger partial charge is 0.352 e. The van der Waals surface area contributed by atoms with Gasteiger partial charge in [0.1, 0.15) is 0 Å². The first-order chi connectivity index (χ1) is 10.8. The summed E-state index contributed by atoms with van der Waals surface area (Å²) in [7, 11) is 0. The summed E-state index contributed by atoms with van der Waals surface area (Å²) in [5, 5.41) is 8.10. The van der Waals surface area contributed by atoms with Crippen molar-refractivity contribution in [3.05, 3.63) is 23.8 Å². The third-order valence-corrected chi connectivity index (χ3v) is 3.08. The van der Waals surface area contributed by atoms with Crippen molar-refractivity contribution in [3.63, 3.8) is 0 Å². The molecule has 0 aliphatic rings. The molecule has 0 bridgehead atoms. The Morgan fingerprint density at radius 3 is 1.91 bits per heavy atom. The maximum absolute atomic E-state index is 12.2. The molecule has 3 N–H and O–H groups in total. The summed E-state index contributed by atoms with van der Waals surface area (Å²) >= 11 is 0. The molecule has 6 heteroatoms. The van der Waals surface area contributed by atoms with Gasteiger partial charge < -0.3 is 16.0 Å². The van der Waals surface area contributed by atoms with Gasteiger partial charge in [0.15, 0.2) is 0 Å². The van der Waals surface area contributed by atoms with Crippen molar-refractivity contribution in [3.8, 4) is 0 Å². The second-order valence-corrected chi connectivity index (χ2v) is 5.95. The van der Waals surface area contributed by atoms with Gasteiger partial charge in [-0.3, -0.25) is 14.4 Å². The molecule has 0 heterocycles. The number of amides is 3. The number of nitrogens with one attached hydrogen (secondary N) is 3. The van der Waals surface area contributed by atoms with Gasteiger partial charge in [-0.15, -0.1) is 0 Å². The lowest BCUT2D eigenvalue weighted by atomic mass is 10.1. The zero-order valence-electron chi connectivity index (χ0n) is 14.2. The maximum Gasteiger partial charge on any atom is 0.251 e. The molecule has 0 fully saturated rings. The lowest BCUT2D eigenvalue weighted by Crippen LogP contribution is -2.25. The minimum Gasteiger partial charge on any atom is -0.352 e. The molecule has 6 nitrogen and oxygen atoms in total. The zero-order chi connectivity index (χ0) is 17.4. The Hall–Kier alpha value is -2.37. The van der Waals surface area contributed by atoms with E-state index in [1.165, 1.54) is 13.8 Å². The normalized spacial score (nSPS) is 10.3. The third kappa shape index (κ3) is 7.44. The Labute approximate surface area is 137 Å². The van der Waals surface area contributed by atoms with Gasteiger partial charge in [-0.1, -0.05) is 13.8 Å². The number of carbonyl (C=O) groups is 3. The molecule has 0 radical (unpaired) electrons. The van der Waals surface area contributed by atoms with Crippen LogP contribution in [0.15, 0.2) is 18.2 Å². The number of hydrogen-bond acceptors (Lipinski definition) is 3. The van der Waals surface area contributed by atoms with E-state index >= 15 is 0 Å². The van der Waals surface area contributed by atoms with Crippen molar-refractivity contribution in [1.29, 1.82) is 0 Å². The fourth-order valence-electron chi connectivity index (χ4n) is 2.12. The van der Waals surface area contributed by atoms with Gasteiger partial charge in [0.05, 0.1) is 0 Å². The van der Waals surface area contributed by atoms with Crippen molar-refractivity contribution in [1.82, 2.24) is 5.32 Å². The minimum absolute atomic E-state index is 0.229. The molecule has 0 aromatic heterocycles. The van der Waals surface area contributed by atoms with Crippen LogP contribution in [-0.4, -0.2) is 24.3 Å². The fourth-order valence-corrected chi connectivity index (χ4v) is 2.12. The van der Waals surface area contributed by atoms with Crippen LogP contribution in [0.25, 0.3) is 0 Å².